The molecule has 0 aromatic heterocycles. The number of nitrogens with zero attached hydrogens (tertiary/aromatic N) is 2. The Balaban J connectivity index is 2.42. The lowest BCUT2D eigenvalue weighted by Gasteiger charge is -2.27. The van der Waals surface area contributed by atoms with Crippen molar-refractivity contribution in [1.82, 2.24) is 9.80 Å². The number of hydrogen-bond acceptors (Lipinski definition) is 3. The molecule has 1 rings (SSSR count). The fourth-order valence-electron chi connectivity index (χ4n) is 2.26. The summed E-state index contributed by atoms with van der Waals surface area (Å²) in [5.41, 5.74) is 0. The highest BCUT2D eigenvalue weighted by Crippen LogP contribution is 2.10. The first kappa shape index (κ1) is 15.0. The Bertz CT molecular complexity index is 273. The zero-order valence-corrected chi connectivity index (χ0v) is 11.2. The van der Waals surface area contributed by atoms with Crippen molar-refractivity contribution < 1.29 is 14.7 Å². The number of carboxylic acid groups (broad SMARTS) is 1. The second-order valence-corrected chi connectivity index (χ2v) is 4.85. The van der Waals surface area contributed by atoms with Gasteiger partial charge in [0, 0.05) is 13.1 Å². The van der Waals surface area contributed by atoms with E-state index in [0.29, 0.717) is 6.54 Å². The molecule has 1 aliphatic heterocycles. The number of likely N-dealkylation sites (N-methyl/N-ethyl adjacent to an activating group) is 1. The molecule has 18 heavy (non-hydrogen) atoms. The Hall–Kier alpha value is -1.10. The van der Waals surface area contributed by atoms with E-state index in [9.17, 15) is 9.59 Å². The topological polar surface area (TPSA) is 60.9 Å². The lowest BCUT2D eigenvalue weighted by molar-refractivity contribution is -0.139. The second-order valence-electron chi connectivity index (χ2n) is 4.85. The molecule has 1 aliphatic rings. The van der Waals surface area contributed by atoms with Gasteiger partial charge in [0.1, 0.15) is 0 Å². The first-order valence-electron chi connectivity index (χ1n) is 6.85. The van der Waals surface area contributed by atoms with Crippen molar-refractivity contribution in [2.75, 3.05) is 32.7 Å². The predicted molar refractivity (Wildman–Crippen MR) is 69.4 cm³/mol. The Morgan fingerprint density at radius 3 is 2.11 bits per heavy atom. The highest BCUT2D eigenvalue weighted by molar-refractivity contribution is 5.79. The summed E-state index contributed by atoms with van der Waals surface area (Å²) in [6.07, 6.45) is 5.78. The van der Waals surface area contributed by atoms with Gasteiger partial charge < -0.3 is 10.0 Å². The monoisotopic (exact) mass is 256 g/mol. The number of likely N-dealkylation sites (tertiary alicyclic amines) is 1. The van der Waals surface area contributed by atoms with Crippen LogP contribution >= 0.6 is 0 Å². The van der Waals surface area contributed by atoms with Gasteiger partial charge in [-0.3, -0.25) is 14.5 Å². The number of aliphatic carboxylic acids is 1. The van der Waals surface area contributed by atoms with Crippen LogP contribution in [-0.4, -0.2) is 59.5 Å². The Labute approximate surface area is 109 Å². The molecule has 0 aliphatic carbocycles. The van der Waals surface area contributed by atoms with Crippen LogP contribution in [0.15, 0.2) is 0 Å². The van der Waals surface area contributed by atoms with Crippen LogP contribution in [0.1, 0.15) is 39.0 Å². The normalized spacial score (nSPS) is 17.3. The van der Waals surface area contributed by atoms with E-state index in [-0.39, 0.29) is 19.0 Å². The summed E-state index contributed by atoms with van der Waals surface area (Å²) in [4.78, 5) is 26.3. The maximum atomic E-state index is 12.1. The zero-order chi connectivity index (χ0) is 13.4. The summed E-state index contributed by atoms with van der Waals surface area (Å²) in [6.45, 7) is 4.28. The van der Waals surface area contributed by atoms with Crippen molar-refractivity contribution in [3.8, 4) is 0 Å². The molecule has 0 atom stereocenters. The van der Waals surface area contributed by atoms with Crippen molar-refractivity contribution in [2.45, 2.75) is 39.0 Å². The molecule has 1 fully saturated rings. The fraction of sp³-hybridized carbons (Fsp3) is 0.846. The van der Waals surface area contributed by atoms with Gasteiger partial charge in [0.25, 0.3) is 0 Å². The molecule has 5 nitrogen and oxygen atoms in total. The van der Waals surface area contributed by atoms with E-state index in [2.05, 4.69) is 0 Å². The highest BCUT2D eigenvalue weighted by atomic mass is 16.4. The van der Waals surface area contributed by atoms with Crippen LogP contribution in [0.25, 0.3) is 0 Å². The van der Waals surface area contributed by atoms with E-state index >= 15 is 0 Å². The second kappa shape index (κ2) is 8.08. The van der Waals surface area contributed by atoms with Gasteiger partial charge in [0.2, 0.25) is 5.91 Å². The summed E-state index contributed by atoms with van der Waals surface area (Å²) in [5, 5.41) is 8.75. The van der Waals surface area contributed by atoms with Crippen LogP contribution in [0.5, 0.6) is 0 Å². The summed E-state index contributed by atoms with van der Waals surface area (Å²) in [5.74, 6) is -0.808. The van der Waals surface area contributed by atoms with Crippen molar-refractivity contribution in [2.24, 2.45) is 0 Å². The van der Waals surface area contributed by atoms with E-state index in [0.717, 1.165) is 25.9 Å². The number of carboxylic acids is 1. The van der Waals surface area contributed by atoms with Crippen molar-refractivity contribution in [3.63, 3.8) is 0 Å². The van der Waals surface area contributed by atoms with Crippen LogP contribution in [-0.2, 0) is 9.59 Å². The molecule has 0 spiro atoms. The molecule has 104 valence electrons. The molecule has 0 aromatic rings. The number of carbonyl (C=O) groups excluding carboxylic acids is 1. The number of hydrogen-bond donors (Lipinski definition) is 1. The molecule has 1 N–H and O–H groups in total. The van der Waals surface area contributed by atoms with Gasteiger partial charge in [-0.25, -0.2) is 0 Å². The molecule has 1 heterocycles. The van der Waals surface area contributed by atoms with Gasteiger partial charge >= 0.3 is 5.97 Å². The Morgan fingerprint density at radius 1 is 1.06 bits per heavy atom. The average molecular weight is 256 g/mol. The van der Waals surface area contributed by atoms with Crippen LogP contribution in [0.2, 0.25) is 0 Å². The molecule has 0 unspecified atom stereocenters. The van der Waals surface area contributed by atoms with Crippen LogP contribution in [0.4, 0.5) is 0 Å². The minimum absolute atomic E-state index is 0.0594. The Morgan fingerprint density at radius 2 is 1.61 bits per heavy atom. The molecule has 0 saturated carbocycles. The van der Waals surface area contributed by atoms with Crippen molar-refractivity contribution in [3.05, 3.63) is 0 Å². The standard InChI is InChI=1S/C13H24N2O3/c1-2-14(11-13(17)18)10-12(16)15-8-6-4-3-5-7-9-15/h2-11H2,1H3,(H,17,18). The van der Waals surface area contributed by atoms with E-state index < -0.39 is 5.97 Å². The van der Waals surface area contributed by atoms with Crippen LogP contribution in [0, 0.1) is 0 Å². The summed E-state index contributed by atoms with van der Waals surface area (Å²) in [7, 11) is 0. The Kier molecular flexibility index (Phi) is 6.72. The lowest BCUT2D eigenvalue weighted by atomic mass is 10.1. The minimum Gasteiger partial charge on any atom is -0.480 e. The zero-order valence-electron chi connectivity index (χ0n) is 11.2. The van der Waals surface area contributed by atoms with E-state index in [4.69, 9.17) is 5.11 Å². The third-order valence-electron chi connectivity index (χ3n) is 3.37. The van der Waals surface area contributed by atoms with Gasteiger partial charge in [-0.15, -0.1) is 0 Å². The predicted octanol–water partition coefficient (Wildman–Crippen LogP) is 1.19. The number of rotatable bonds is 5. The molecule has 0 bridgehead atoms. The van der Waals surface area contributed by atoms with Gasteiger partial charge in [0.05, 0.1) is 13.1 Å². The highest BCUT2D eigenvalue weighted by Gasteiger charge is 2.18. The average Bonchev–Trinajstić information content (AvgIpc) is 2.26. The molecular formula is C13H24N2O3. The molecular weight excluding hydrogens is 232 g/mol. The van der Waals surface area contributed by atoms with Gasteiger partial charge in [-0.2, -0.15) is 0 Å². The quantitative estimate of drug-likeness (QED) is 0.802. The van der Waals surface area contributed by atoms with E-state index in [1.54, 1.807) is 4.90 Å². The van der Waals surface area contributed by atoms with Gasteiger partial charge in [-0.05, 0) is 19.4 Å². The SMILES string of the molecule is CCN(CC(=O)O)CC(=O)N1CCCCCCC1. The lowest BCUT2D eigenvalue weighted by Crippen LogP contribution is -2.43. The molecule has 5 heteroatoms. The minimum atomic E-state index is -0.877. The van der Waals surface area contributed by atoms with E-state index in [1.165, 1.54) is 19.3 Å². The van der Waals surface area contributed by atoms with Crippen molar-refractivity contribution in [1.29, 1.82) is 0 Å². The van der Waals surface area contributed by atoms with Gasteiger partial charge in [-0.1, -0.05) is 26.2 Å². The molecule has 1 saturated heterocycles. The molecule has 0 radical (unpaired) electrons. The summed E-state index contributed by atoms with van der Waals surface area (Å²) >= 11 is 0. The van der Waals surface area contributed by atoms with Crippen molar-refractivity contribution >= 4 is 11.9 Å². The summed E-state index contributed by atoms with van der Waals surface area (Å²) in [6, 6.07) is 0. The smallest absolute Gasteiger partial charge is 0.317 e. The first-order valence-corrected chi connectivity index (χ1v) is 6.85. The third kappa shape index (κ3) is 5.49. The summed E-state index contributed by atoms with van der Waals surface area (Å²) < 4.78 is 0. The molecule has 0 aromatic carbocycles. The first-order chi connectivity index (χ1) is 8.63. The third-order valence-corrected chi connectivity index (χ3v) is 3.37. The van der Waals surface area contributed by atoms with Crippen LogP contribution < -0.4 is 0 Å². The van der Waals surface area contributed by atoms with Gasteiger partial charge in [0.15, 0.2) is 0 Å². The number of amides is 1. The molecule has 1 amide bonds. The largest absolute Gasteiger partial charge is 0.480 e. The number of carbonyl (C=O) groups is 2. The maximum absolute atomic E-state index is 12.1. The maximum Gasteiger partial charge on any atom is 0.317 e. The fourth-order valence-corrected chi connectivity index (χ4v) is 2.26. The van der Waals surface area contributed by atoms with Crippen LogP contribution in [0.3, 0.4) is 0 Å². The van der Waals surface area contributed by atoms with E-state index in [1.807, 2.05) is 11.8 Å².